The number of ether oxygens (including phenoxy) is 3. The van der Waals surface area contributed by atoms with Gasteiger partial charge in [0.2, 0.25) is 0 Å². The van der Waals surface area contributed by atoms with E-state index in [1.165, 1.54) is 11.3 Å². The molecule has 2 aliphatic heterocycles. The van der Waals surface area contributed by atoms with Crippen molar-refractivity contribution < 1.29 is 28.6 Å². The van der Waals surface area contributed by atoms with Crippen molar-refractivity contribution in [3.05, 3.63) is 59.7 Å². The number of nitrogens with zero attached hydrogens (tertiary/aromatic N) is 6. The predicted molar refractivity (Wildman–Crippen MR) is 222 cm³/mol. The number of rotatable bonds is 11. The summed E-state index contributed by atoms with van der Waals surface area (Å²) in [6.45, 7) is 16.0. The van der Waals surface area contributed by atoms with Gasteiger partial charge < -0.3 is 34.6 Å². The zero-order valence-corrected chi connectivity index (χ0v) is 35.0. The molecule has 0 bridgehead atoms. The number of likely N-dealkylation sites (tertiary alicyclic amines) is 2. The number of carbonyl (C=O) groups is 3. The Morgan fingerprint density at radius 1 is 0.860 bits per heavy atom. The van der Waals surface area contributed by atoms with Gasteiger partial charge in [-0.1, -0.05) is 36.8 Å². The van der Waals surface area contributed by atoms with Crippen molar-refractivity contribution in [1.82, 2.24) is 29.7 Å². The molecule has 6 rings (SSSR count). The second kappa shape index (κ2) is 18.1. The fourth-order valence-electron chi connectivity index (χ4n) is 6.65. The van der Waals surface area contributed by atoms with E-state index in [0.29, 0.717) is 56.5 Å². The number of para-hydroxylation sites is 1. The normalized spacial score (nSPS) is 15.8. The number of piperidine rings is 2. The largest absolute Gasteiger partial charge is 0.444 e. The van der Waals surface area contributed by atoms with E-state index in [4.69, 9.17) is 24.2 Å². The van der Waals surface area contributed by atoms with Gasteiger partial charge in [0, 0.05) is 56.5 Å². The molecule has 2 fully saturated rings. The molecule has 0 radical (unpaired) electrons. The van der Waals surface area contributed by atoms with Gasteiger partial charge in [-0.25, -0.2) is 29.5 Å². The van der Waals surface area contributed by atoms with Crippen LogP contribution in [0, 0.1) is 0 Å². The fraction of sp³-hybridized carbons (Fsp3) is 0.548. The van der Waals surface area contributed by atoms with E-state index < -0.39 is 11.2 Å². The highest BCUT2D eigenvalue weighted by molar-refractivity contribution is 7.21. The number of pyridine rings is 1. The number of carbonyl (C=O) groups excluding carboxylic acids is 3. The number of thiazole rings is 1. The highest BCUT2D eigenvalue weighted by atomic mass is 32.1. The van der Waals surface area contributed by atoms with E-state index in [0.717, 1.165) is 65.0 Å². The first kappa shape index (κ1) is 41.7. The van der Waals surface area contributed by atoms with Crippen LogP contribution in [-0.2, 0) is 27.2 Å². The van der Waals surface area contributed by atoms with Crippen molar-refractivity contribution >= 4 is 51.3 Å². The Balaban J connectivity index is 1.09. The van der Waals surface area contributed by atoms with E-state index in [-0.39, 0.29) is 35.9 Å². The van der Waals surface area contributed by atoms with Crippen LogP contribution in [0.2, 0.25) is 0 Å². The molecule has 2 saturated heterocycles. The molecule has 0 unspecified atom stereocenters. The molecule has 2 N–H and O–H groups in total. The molecule has 2 aliphatic rings. The lowest BCUT2D eigenvalue weighted by Crippen LogP contribution is -2.44. The first-order valence-corrected chi connectivity index (χ1v) is 20.8. The maximum Gasteiger partial charge on any atom is 0.410 e. The molecule has 306 valence electrons. The number of benzene rings is 1. The van der Waals surface area contributed by atoms with Crippen LogP contribution in [-0.4, -0.2) is 97.4 Å². The summed E-state index contributed by atoms with van der Waals surface area (Å²) in [6.07, 6.45) is 6.72. The molecule has 14 nitrogen and oxygen atoms in total. The lowest BCUT2D eigenvalue weighted by atomic mass is 10.1. The third-order valence-electron chi connectivity index (χ3n) is 9.55. The van der Waals surface area contributed by atoms with Crippen LogP contribution >= 0.6 is 11.3 Å². The number of amides is 3. The molecule has 3 amide bonds. The molecule has 5 heterocycles. The van der Waals surface area contributed by atoms with Crippen LogP contribution in [0.25, 0.3) is 20.9 Å². The smallest absolute Gasteiger partial charge is 0.410 e. The fourth-order valence-corrected chi connectivity index (χ4v) is 7.58. The molecule has 4 aromatic rings. The molecular formula is C42H56N8O6S. The number of nitrogens with one attached hydrogen (secondary N) is 2. The Kier molecular flexibility index (Phi) is 13.3. The highest BCUT2D eigenvalue weighted by Crippen LogP contribution is 2.34. The molecule has 1 aromatic carbocycles. The summed E-state index contributed by atoms with van der Waals surface area (Å²) in [5, 5.41) is 7.33. The van der Waals surface area contributed by atoms with Gasteiger partial charge in [-0.15, -0.1) is 0 Å². The van der Waals surface area contributed by atoms with E-state index in [1.54, 1.807) is 15.9 Å². The Morgan fingerprint density at radius 2 is 1.51 bits per heavy atom. The van der Waals surface area contributed by atoms with Crippen LogP contribution in [0.3, 0.4) is 0 Å². The molecule has 0 saturated carbocycles. The van der Waals surface area contributed by atoms with Crippen LogP contribution in [0.5, 0.6) is 0 Å². The van der Waals surface area contributed by atoms with Gasteiger partial charge in [-0.2, -0.15) is 0 Å². The first-order valence-electron chi connectivity index (χ1n) is 20.0. The van der Waals surface area contributed by atoms with E-state index in [2.05, 4.69) is 27.5 Å². The Bertz CT molecular complexity index is 2030. The molecule has 0 aliphatic carbocycles. The average molecular weight is 801 g/mol. The standard InChI is InChI=1S/C42H56N8O6S/c1-8-9-14-34-45-32(24-35(48-34)44-28-15-19-49(20-16-28)39(52)55-41(2,3)4)36(51)46-31-13-11-10-12-30(31)37-47-33-23-27(25-43-38(33)57-37)26-54-29-17-21-50(22-18-29)40(53)56-42(5,6)7/h10-13,23-25,28-29H,8-9,14-22,26H2,1-7H3,(H,46,51)(H,44,45,48). The van der Waals surface area contributed by atoms with Gasteiger partial charge in [0.05, 0.1) is 18.4 Å². The number of aryl methyl sites for hydroxylation is 1. The number of fused-ring (bicyclic) bond motifs is 1. The second-order valence-electron chi connectivity index (χ2n) is 16.7. The maximum absolute atomic E-state index is 13.9. The van der Waals surface area contributed by atoms with Crippen molar-refractivity contribution in [2.45, 2.75) is 123 Å². The van der Waals surface area contributed by atoms with E-state index in [1.807, 2.05) is 78.1 Å². The molecular weight excluding hydrogens is 745 g/mol. The minimum absolute atomic E-state index is 0.0365. The minimum Gasteiger partial charge on any atom is -0.444 e. The topological polar surface area (TPSA) is 161 Å². The van der Waals surface area contributed by atoms with Crippen molar-refractivity contribution in [2.24, 2.45) is 0 Å². The zero-order valence-electron chi connectivity index (χ0n) is 34.2. The van der Waals surface area contributed by atoms with Crippen molar-refractivity contribution in [1.29, 1.82) is 0 Å². The van der Waals surface area contributed by atoms with Gasteiger partial charge in [0.1, 0.15) is 43.9 Å². The Hall–Kier alpha value is -4.89. The second-order valence-corrected chi connectivity index (χ2v) is 17.7. The van der Waals surface area contributed by atoms with Gasteiger partial charge in [0.15, 0.2) is 0 Å². The van der Waals surface area contributed by atoms with Crippen molar-refractivity contribution in [3.8, 4) is 10.6 Å². The third kappa shape index (κ3) is 11.8. The van der Waals surface area contributed by atoms with Crippen molar-refractivity contribution in [2.75, 3.05) is 36.8 Å². The number of hydrogen-bond donors (Lipinski definition) is 2. The summed E-state index contributed by atoms with van der Waals surface area (Å²) < 4.78 is 17.3. The number of aromatic nitrogens is 4. The van der Waals surface area contributed by atoms with Crippen molar-refractivity contribution in [3.63, 3.8) is 0 Å². The van der Waals surface area contributed by atoms with Gasteiger partial charge >= 0.3 is 12.2 Å². The summed E-state index contributed by atoms with van der Waals surface area (Å²) in [6, 6.07) is 11.4. The van der Waals surface area contributed by atoms with Crippen LogP contribution in [0.4, 0.5) is 21.1 Å². The van der Waals surface area contributed by atoms with Gasteiger partial charge in [0.25, 0.3) is 5.91 Å². The zero-order chi connectivity index (χ0) is 40.7. The number of hydrogen-bond acceptors (Lipinski definition) is 12. The van der Waals surface area contributed by atoms with Gasteiger partial charge in [-0.05, 0) is 97.4 Å². The quantitative estimate of drug-likeness (QED) is 0.150. The SMILES string of the molecule is CCCCc1nc(NC2CCN(C(=O)OC(C)(C)C)CC2)cc(C(=O)Nc2ccccc2-c2nc3cc(COC4CCN(C(=O)OC(C)(C)C)CC4)cnc3s2)n1. The van der Waals surface area contributed by atoms with Crippen LogP contribution in [0.15, 0.2) is 42.6 Å². The molecule has 3 aromatic heterocycles. The number of unbranched alkanes of at least 4 members (excludes halogenated alkanes) is 1. The number of anilines is 2. The first-order chi connectivity index (χ1) is 27.1. The summed E-state index contributed by atoms with van der Waals surface area (Å²) in [7, 11) is 0. The minimum atomic E-state index is -0.543. The highest BCUT2D eigenvalue weighted by Gasteiger charge is 2.29. The van der Waals surface area contributed by atoms with Crippen LogP contribution in [0.1, 0.15) is 109 Å². The third-order valence-corrected chi connectivity index (χ3v) is 10.6. The average Bonchev–Trinajstić information content (AvgIpc) is 3.59. The molecule has 15 heteroatoms. The molecule has 0 spiro atoms. The monoisotopic (exact) mass is 800 g/mol. The van der Waals surface area contributed by atoms with Gasteiger partial charge in [-0.3, -0.25) is 4.79 Å². The van der Waals surface area contributed by atoms with E-state index in [9.17, 15) is 14.4 Å². The lowest BCUT2D eigenvalue weighted by molar-refractivity contribution is -0.0171. The maximum atomic E-state index is 13.9. The predicted octanol–water partition coefficient (Wildman–Crippen LogP) is 8.47. The summed E-state index contributed by atoms with van der Waals surface area (Å²) in [4.78, 5) is 62.2. The van der Waals surface area contributed by atoms with Crippen LogP contribution < -0.4 is 10.6 Å². The summed E-state index contributed by atoms with van der Waals surface area (Å²) in [5.41, 5.74) is 2.26. The summed E-state index contributed by atoms with van der Waals surface area (Å²) in [5.74, 6) is 0.851. The Morgan fingerprint density at radius 3 is 2.16 bits per heavy atom. The Labute approximate surface area is 339 Å². The molecule has 0 atom stereocenters. The van der Waals surface area contributed by atoms with E-state index >= 15 is 0 Å². The summed E-state index contributed by atoms with van der Waals surface area (Å²) >= 11 is 1.46. The molecule has 57 heavy (non-hydrogen) atoms. The lowest BCUT2D eigenvalue weighted by Gasteiger charge is -2.34.